The highest BCUT2D eigenvalue weighted by molar-refractivity contribution is 6.36. The maximum absolute atomic E-state index is 13.4. The topological polar surface area (TPSA) is 77.1 Å². The highest BCUT2D eigenvalue weighted by Gasteiger charge is 2.39. The summed E-state index contributed by atoms with van der Waals surface area (Å²) in [6, 6.07) is 21.9. The number of benzene rings is 3. The van der Waals surface area contributed by atoms with Crippen LogP contribution in [0.25, 0.3) is 5.57 Å². The van der Waals surface area contributed by atoms with Crippen molar-refractivity contribution >= 4 is 23.1 Å². The Morgan fingerprint density at radius 2 is 1.33 bits per heavy atom. The van der Waals surface area contributed by atoms with Crippen LogP contribution in [0, 0.1) is 0 Å². The van der Waals surface area contributed by atoms with Crippen LogP contribution in [0.5, 0.6) is 17.2 Å². The summed E-state index contributed by atoms with van der Waals surface area (Å²) in [5.41, 5.74) is 2.54. The van der Waals surface area contributed by atoms with E-state index in [1.165, 1.54) is 26.2 Å². The zero-order valence-electron chi connectivity index (χ0n) is 18.6. The summed E-state index contributed by atoms with van der Waals surface area (Å²) in [6.07, 6.45) is 0. The lowest BCUT2D eigenvalue weighted by Crippen LogP contribution is -2.32. The summed E-state index contributed by atoms with van der Waals surface area (Å²) in [6.45, 7) is 0.176. The molecule has 0 fully saturated rings. The van der Waals surface area contributed by atoms with Crippen molar-refractivity contribution < 1.29 is 23.8 Å². The van der Waals surface area contributed by atoms with E-state index in [-0.39, 0.29) is 18.1 Å². The lowest BCUT2D eigenvalue weighted by Gasteiger charge is -2.17. The van der Waals surface area contributed by atoms with E-state index >= 15 is 0 Å². The largest absolute Gasteiger partial charge is 0.493 e. The van der Waals surface area contributed by atoms with Crippen LogP contribution < -0.4 is 19.5 Å². The summed E-state index contributed by atoms with van der Waals surface area (Å²) < 4.78 is 16.2. The molecular weight excluding hydrogens is 420 g/mol. The summed E-state index contributed by atoms with van der Waals surface area (Å²) >= 11 is 0. The van der Waals surface area contributed by atoms with Gasteiger partial charge >= 0.3 is 0 Å². The van der Waals surface area contributed by atoms with E-state index in [0.717, 1.165) is 5.56 Å². The van der Waals surface area contributed by atoms with Crippen LogP contribution >= 0.6 is 0 Å². The summed E-state index contributed by atoms with van der Waals surface area (Å²) in [5, 5.41) is 3.14. The smallest absolute Gasteiger partial charge is 0.278 e. The maximum atomic E-state index is 13.4. The lowest BCUT2D eigenvalue weighted by atomic mass is 10.0. The first-order valence-electron chi connectivity index (χ1n) is 10.3. The van der Waals surface area contributed by atoms with Crippen LogP contribution in [0.2, 0.25) is 0 Å². The molecule has 33 heavy (non-hydrogen) atoms. The molecule has 7 heteroatoms. The van der Waals surface area contributed by atoms with Crippen molar-refractivity contribution in [3.8, 4) is 17.2 Å². The van der Waals surface area contributed by atoms with Gasteiger partial charge in [-0.05, 0) is 11.1 Å². The molecule has 0 saturated heterocycles. The Hall–Kier alpha value is -4.26. The number of hydrogen-bond acceptors (Lipinski definition) is 6. The zero-order valence-corrected chi connectivity index (χ0v) is 18.6. The SMILES string of the molecule is COc1cc(NC2=C(c3ccccc3)C(=O)N(Cc3ccccc3)C2=O)cc(OC)c1OC. The van der Waals surface area contributed by atoms with Crippen LogP contribution in [0.1, 0.15) is 11.1 Å². The van der Waals surface area contributed by atoms with Crippen molar-refractivity contribution in [2.45, 2.75) is 6.54 Å². The highest BCUT2D eigenvalue weighted by Crippen LogP contribution is 2.41. The molecule has 0 saturated carbocycles. The summed E-state index contributed by atoms with van der Waals surface area (Å²) in [4.78, 5) is 28.1. The first kappa shape index (κ1) is 22.0. The minimum Gasteiger partial charge on any atom is -0.493 e. The molecule has 1 aliphatic rings. The van der Waals surface area contributed by atoms with Gasteiger partial charge in [-0.15, -0.1) is 0 Å². The van der Waals surface area contributed by atoms with Crippen molar-refractivity contribution in [1.82, 2.24) is 4.90 Å². The fraction of sp³-hybridized carbons (Fsp3) is 0.154. The zero-order chi connectivity index (χ0) is 23.4. The minimum atomic E-state index is -0.406. The predicted octanol–water partition coefficient (Wildman–Crippen LogP) is 4.10. The van der Waals surface area contributed by atoms with Crippen LogP contribution in [-0.4, -0.2) is 38.0 Å². The third kappa shape index (κ3) is 4.25. The molecule has 7 nitrogen and oxygen atoms in total. The Balaban J connectivity index is 1.77. The van der Waals surface area contributed by atoms with E-state index in [0.29, 0.717) is 34.1 Å². The molecule has 1 N–H and O–H groups in total. The number of nitrogens with zero attached hydrogens (tertiary/aromatic N) is 1. The second-order valence-electron chi connectivity index (χ2n) is 7.34. The second kappa shape index (κ2) is 9.48. The average molecular weight is 444 g/mol. The first-order valence-corrected chi connectivity index (χ1v) is 10.3. The highest BCUT2D eigenvalue weighted by atomic mass is 16.5. The van der Waals surface area contributed by atoms with Crippen LogP contribution in [-0.2, 0) is 16.1 Å². The molecule has 4 rings (SSSR count). The number of nitrogens with one attached hydrogen (secondary N) is 1. The van der Waals surface area contributed by atoms with Gasteiger partial charge < -0.3 is 19.5 Å². The third-order valence-corrected chi connectivity index (χ3v) is 5.35. The van der Waals surface area contributed by atoms with Crippen molar-refractivity contribution in [3.05, 3.63) is 89.6 Å². The number of anilines is 1. The standard InChI is InChI=1S/C26H24N2O5/c1-31-20-14-19(15-21(32-2)24(20)33-3)27-23-22(18-12-8-5-9-13-18)25(29)28(26(23)30)16-17-10-6-4-7-11-17/h4-15,27H,16H2,1-3H3. The Morgan fingerprint density at radius 1 is 0.758 bits per heavy atom. The van der Waals surface area contributed by atoms with Crippen LogP contribution in [0.4, 0.5) is 5.69 Å². The van der Waals surface area contributed by atoms with E-state index in [9.17, 15) is 9.59 Å². The number of rotatable bonds is 8. The maximum Gasteiger partial charge on any atom is 0.278 e. The first-order chi connectivity index (χ1) is 16.1. The van der Waals surface area contributed by atoms with E-state index < -0.39 is 5.91 Å². The summed E-state index contributed by atoms with van der Waals surface area (Å²) in [7, 11) is 4.55. The van der Waals surface area contributed by atoms with E-state index in [2.05, 4.69) is 5.32 Å². The van der Waals surface area contributed by atoms with E-state index in [4.69, 9.17) is 14.2 Å². The van der Waals surface area contributed by atoms with Crippen molar-refractivity contribution in [3.63, 3.8) is 0 Å². The Kier molecular flexibility index (Phi) is 6.31. The van der Waals surface area contributed by atoms with Crippen molar-refractivity contribution in [2.75, 3.05) is 26.6 Å². The van der Waals surface area contributed by atoms with E-state index in [1.807, 2.05) is 60.7 Å². The summed E-state index contributed by atoms with van der Waals surface area (Å²) in [5.74, 6) is 0.530. The molecule has 1 aliphatic heterocycles. The van der Waals surface area contributed by atoms with E-state index in [1.54, 1.807) is 12.1 Å². The van der Waals surface area contributed by atoms with Gasteiger partial charge in [0.1, 0.15) is 5.70 Å². The Labute approximate surface area is 192 Å². The molecule has 0 aromatic heterocycles. The predicted molar refractivity (Wildman–Crippen MR) is 125 cm³/mol. The monoisotopic (exact) mass is 444 g/mol. The van der Waals surface area contributed by atoms with Crippen molar-refractivity contribution in [1.29, 1.82) is 0 Å². The number of ether oxygens (including phenoxy) is 3. The number of amides is 2. The van der Waals surface area contributed by atoms with Gasteiger partial charge in [0, 0.05) is 17.8 Å². The normalized spacial score (nSPS) is 13.4. The molecule has 168 valence electrons. The molecular formula is C26H24N2O5. The van der Waals surface area contributed by atoms with Gasteiger partial charge in [0.15, 0.2) is 11.5 Å². The van der Waals surface area contributed by atoms with Crippen molar-refractivity contribution in [2.24, 2.45) is 0 Å². The molecule has 0 bridgehead atoms. The van der Waals surface area contributed by atoms with Gasteiger partial charge in [-0.25, -0.2) is 0 Å². The lowest BCUT2D eigenvalue weighted by molar-refractivity contribution is -0.137. The molecule has 1 heterocycles. The fourth-order valence-electron chi connectivity index (χ4n) is 3.77. The quantitative estimate of drug-likeness (QED) is 0.527. The molecule has 0 spiro atoms. The Bertz CT molecular complexity index is 1180. The van der Waals surface area contributed by atoms with Gasteiger partial charge in [-0.2, -0.15) is 0 Å². The molecule has 3 aromatic rings. The third-order valence-electron chi connectivity index (χ3n) is 5.35. The molecule has 0 unspecified atom stereocenters. The minimum absolute atomic E-state index is 0.176. The van der Waals surface area contributed by atoms with Gasteiger partial charge in [0.05, 0.1) is 33.4 Å². The fourth-order valence-corrected chi connectivity index (χ4v) is 3.77. The van der Waals surface area contributed by atoms with Crippen LogP contribution in [0.3, 0.4) is 0 Å². The molecule has 0 aliphatic carbocycles. The molecule has 2 amide bonds. The number of methoxy groups -OCH3 is 3. The van der Waals surface area contributed by atoms with Gasteiger partial charge in [-0.3, -0.25) is 14.5 Å². The Morgan fingerprint density at radius 3 is 1.88 bits per heavy atom. The number of carbonyl (C=O) groups is 2. The van der Waals surface area contributed by atoms with Crippen LogP contribution in [0.15, 0.2) is 78.5 Å². The van der Waals surface area contributed by atoms with Gasteiger partial charge in [-0.1, -0.05) is 60.7 Å². The number of hydrogen-bond donors (Lipinski definition) is 1. The second-order valence-corrected chi connectivity index (χ2v) is 7.34. The molecule has 0 radical (unpaired) electrons. The number of imide groups is 1. The molecule has 3 aromatic carbocycles. The van der Waals surface area contributed by atoms with Gasteiger partial charge in [0.2, 0.25) is 5.75 Å². The average Bonchev–Trinajstić information content (AvgIpc) is 3.08. The molecule has 0 atom stereocenters. The van der Waals surface area contributed by atoms with Gasteiger partial charge in [0.25, 0.3) is 11.8 Å². The number of carbonyl (C=O) groups excluding carboxylic acids is 2.